The number of ether oxygens (including phenoxy) is 3. The topological polar surface area (TPSA) is 109 Å². The first kappa shape index (κ1) is 30.8. The summed E-state index contributed by atoms with van der Waals surface area (Å²) >= 11 is 6.52. The van der Waals surface area contributed by atoms with Gasteiger partial charge < -0.3 is 29.7 Å². The lowest BCUT2D eigenvalue weighted by Crippen LogP contribution is -2.18. The summed E-state index contributed by atoms with van der Waals surface area (Å²) in [7, 11) is 3.82. The third-order valence-corrected chi connectivity index (χ3v) is 7.11. The SMILES string of the molecule is CN(C)CC=CC(=O)Nc1cc2c(Nc3ccc(OCc4ccccc4F)c(Cl)c3)c(C#N)cnc2cc1O[C@H]1CCOC1. The van der Waals surface area contributed by atoms with E-state index in [1.54, 1.807) is 54.6 Å². The summed E-state index contributed by atoms with van der Waals surface area (Å²) in [5, 5.41) is 17.0. The molecule has 2 N–H and O–H groups in total. The predicted molar refractivity (Wildman–Crippen MR) is 168 cm³/mol. The van der Waals surface area contributed by atoms with Gasteiger partial charge in [0.05, 0.1) is 40.7 Å². The number of amides is 1. The predicted octanol–water partition coefficient (Wildman–Crippen LogP) is 6.45. The van der Waals surface area contributed by atoms with Gasteiger partial charge in [-0.1, -0.05) is 35.9 Å². The van der Waals surface area contributed by atoms with Crippen LogP contribution in [0.1, 0.15) is 17.5 Å². The molecule has 11 heteroatoms. The van der Waals surface area contributed by atoms with Crippen molar-refractivity contribution in [2.75, 3.05) is 44.5 Å². The molecule has 4 aromatic rings. The maximum Gasteiger partial charge on any atom is 0.248 e. The molecular weight excluding hydrogens is 585 g/mol. The van der Waals surface area contributed by atoms with Crippen LogP contribution in [-0.2, 0) is 16.1 Å². The van der Waals surface area contributed by atoms with Crippen molar-refractivity contribution in [3.05, 3.63) is 94.9 Å². The molecule has 5 rings (SSSR count). The van der Waals surface area contributed by atoms with Crippen molar-refractivity contribution in [2.24, 2.45) is 0 Å². The van der Waals surface area contributed by atoms with Gasteiger partial charge >= 0.3 is 0 Å². The maximum absolute atomic E-state index is 14.0. The minimum atomic E-state index is -0.360. The number of aromatic nitrogens is 1. The highest BCUT2D eigenvalue weighted by molar-refractivity contribution is 6.32. The molecule has 1 fully saturated rings. The number of hydrogen-bond acceptors (Lipinski definition) is 8. The molecule has 0 spiro atoms. The van der Waals surface area contributed by atoms with Gasteiger partial charge in [0.15, 0.2) is 0 Å². The molecular formula is C33H31ClFN5O4. The van der Waals surface area contributed by atoms with Crippen molar-refractivity contribution in [3.63, 3.8) is 0 Å². The van der Waals surface area contributed by atoms with Gasteiger partial charge in [-0.15, -0.1) is 0 Å². The molecule has 44 heavy (non-hydrogen) atoms. The van der Waals surface area contributed by atoms with Gasteiger partial charge in [0.25, 0.3) is 0 Å². The second kappa shape index (κ2) is 14.2. The van der Waals surface area contributed by atoms with Crippen LogP contribution in [0.15, 0.2) is 72.9 Å². The number of halogens is 2. The first-order chi connectivity index (χ1) is 21.3. The maximum atomic E-state index is 14.0. The summed E-state index contributed by atoms with van der Waals surface area (Å²) in [6.45, 7) is 1.67. The van der Waals surface area contributed by atoms with Gasteiger partial charge in [-0.25, -0.2) is 4.39 Å². The number of nitrogens with one attached hydrogen (secondary N) is 2. The van der Waals surface area contributed by atoms with Crippen LogP contribution in [0.2, 0.25) is 5.02 Å². The molecule has 0 saturated carbocycles. The minimum absolute atomic E-state index is 0.0168. The highest BCUT2D eigenvalue weighted by atomic mass is 35.5. The van der Waals surface area contributed by atoms with Crippen molar-refractivity contribution >= 4 is 45.5 Å². The Kier molecular flexibility index (Phi) is 9.92. The minimum Gasteiger partial charge on any atom is -0.487 e. The Bertz CT molecular complexity index is 1730. The Balaban J connectivity index is 1.45. The van der Waals surface area contributed by atoms with E-state index in [0.717, 1.165) is 6.42 Å². The fourth-order valence-corrected chi connectivity index (χ4v) is 4.81. The Labute approximate surface area is 259 Å². The van der Waals surface area contributed by atoms with Crippen LogP contribution in [0.25, 0.3) is 10.9 Å². The Hall–Kier alpha value is -4.69. The van der Waals surface area contributed by atoms with Crippen molar-refractivity contribution in [2.45, 2.75) is 19.1 Å². The van der Waals surface area contributed by atoms with Crippen molar-refractivity contribution in [3.8, 4) is 17.6 Å². The summed E-state index contributed by atoms with van der Waals surface area (Å²) in [6, 6.07) is 17.1. The second-order valence-electron chi connectivity index (χ2n) is 10.4. The van der Waals surface area contributed by atoms with E-state index in [1.165, 1.54) is 18.3 Å². The number of carbonyl (C=O) groups excluding carboxylic acids is 1. The van der Waals surface area contributed by atoms with E-state index in [0.29, 0.717) is 69.8 Å². The third-order valence-electron chi connectivity index (χ3n) is 6.81. The van der Waals surface area contributed by atoms with E-state index in [2.05, 4.69) is 21.7 Å². The zero-order chi connectivity index (χ0) is 31.1. The molecule has 226 valence electrons. The van der Waals surface area contributed by atoms with Gasteiger partial charge in [-0.05, 0) is 44.4 Å². The van der Waals surface area contributed by atoms with Crippen LogP contribution in [0.4, 0.5) is 21.5 Å². The summed E-state index contributed by atoms with van der Waals surface area (Å²) in [5.74, 6) is 0.145. The molecule has 3 aromatic carbocycles. The zero-order valence-corrected chi connectivity index (χ0v) is 25.0. The molecule has 9 nitrogen and oxygen atoms in total. The van der Waals surface area contributed by atoms with Gasteiger partial charge in [-0.3, -0.25) is 9.78 Å². The number of anilines is 3. The largest absolute Gasteiger partial charge is 0.487 e. The number of nitriles is 1. The van der Waals surface area contributed by atoms with E-state index in [4.69, 9.17) is 25.8 Å². The lowest BCUT2D eigenvalue weighted by atomic mass is 10.1. The number of nitrogens with zero attached hydrogens (tertiary/aromatic N) is 3. The summed E-state index contributed by atoms with van der Waals surface area (Å²) in [5.41, 5.74) is 2.74. The average Bonchev–Trinajstić information content (AvgIpc) is 3.51. The second-order valence-corrected chi connectivity index (χ2v) is 10.8. The quantitative estimate of drug-likeness (QED) is 0.185. The molecule has 1 saturated heterocycles. The normalized spacial score (nSPS) is 14.6. The average molecular weight is 616 g/mol. The van der Waals surface area contributed by atoms with Gasteiger partial charge in [0, 0.05) is 47.9 Å². The fourth-order valence-electron chi connectivity index (χ4n) is 4.58. The summed E-state index contributed by atoms with van der Waals surface area (Å²) < 4.78 is 31.4. The molecule has 1 aliphatic heterocycles. The van der Waals surface area contributed by atoms with E-state index in [-0.39, 0.29) is 30.0 Å². The van der Waals surface area contributed by atoms with Crippen LogP contribution in [0, 0.1) is 17.1 Å². The first-order valence-corrected chi connectivity index (χ1v) is 14.3. The lowest BCUT2D eigenvalue weighted by Gasteiger charge is -2.19. The Morgan fingerprint density at radius 1 is 1.23 bits per heavy atom. The smallest absolute Gasteiger partial charge is 0.248 e. The number of benzene rings is 3. The number of rotatable bonds is 11. The zero-order valence-electron chi connectivity index (χ0n) is 24.3. The van der Waals surface area contributed by atoms with Gasteiger partial charge in [0.2, 0.25) is 5.91 Å². The first-order valence-electron chi connectivity index (χ1n) is 14.0. The van der Waals surface area contributed by atoms with Gasteiger partial charge in [0.1, 0.15) is 36.1 Å². The molecule has 0 unspecified atom stereocenters. The van der Waals surface area contributed by atoms with Crippen molar-refractivity contribution in [1.29, 1.82) is 5.26 Å². The Morgan fingerprint density at radius 3 is 2.80 bits per heavy atom. The van der Waals surface area contributed by atoms with E-state index < -0.39 is 0 Å². The molecule has 0 aliphatic carbocycles. The van der Waals surface area contributed by atoms with Crippen LogP contribution in [0.3, 0.4) is 0 Å². The molecule has 0 bridgehead atoms. The number of hydrogen-bond donors (Lipinski definition) is 2. The molecule has 0 radical (unpaired) electrons. The van der Waals surface area contributed by atoms with Crippen LogP contribution >= 0.6 is 11.6 Å². The molecule has 1 atom stereocenters. The highest BCUT2D eigenvalue weighted by Gasteiger charge is 2.21. The van der Waals surface area contributed by atoms with E-state index in [9.17, 15) is 14.4 Å². The van der Waals surface area contributed by atoms with Crippen LogP contribution < -0.4 is 20.1 Å². The van der Waals surface area contributed by atoms with Gasteiger partial charge in [-0.2, -0.15) is 5.26 Å². The molecule has 1 amide bonds. The summed E-state index contributed by atoms with van der Waals surface area (Å²) in [4.78, 5) is 19.3. The van der Waals surface area contributed by atoms with Crippen LogP contribution in [-0.4, -0.2) is 55.7 Å². The number of carbonyl (C=O) groups is 1. The molecule has 2 heterocycles. The van der Waals surface area contributed by atoms with Crippen molar-refractivity contribution < 1.29 is 23.4 Å². The van der Waals surface area contributed by atoms with E-state index in [1.807, 2.05) is 19.0 Å². The molecule has 1 aliphatic rings. The third kappa shape index (κ3) is 7.63. The number of fused-ring (bicyclic) bond motifs is 1. The summed E-state index contributed by atoms with van der Waals surface area (Å²) in [6.07, 6.45) is 5.26. The molecule has 1 aromatic heterocycles. The van der Waals surface area contributed by atoms with E-state index >= 15 is 0 Å². The number of pyridine rings is 1. The van der Waals surface area contributed by atoms with Crippen molar-refractivity contribution in [1.82, 2.24) is 9.88 Å². The number of likely N-dealkylation sites (N-methyl/N-ethyl adjacent to an activating group) is 1. The van der Waals surface area contributed by atoms with Crippen LogP contribution in [0.5, 0.6) is 11.5 Å². The fraction of sp³-hybridized carbons (Fsp3) is 0.242. The Morgan fingerprint density at radius 2 is 2.07 bits per heavy atom. The standard InChI is InChI=1S/C33H31ClFN5O4/c1-40(2)12-5-8-32(41)39-29-15-25-28(16-31(29)44-24-11-13-42-20-24)37-18-22(17-36)33(25)38-23-9-10-30(26(34)14-23)43-19-21-6-3-4-7-27(21)35/h3-10,14-16,18,24H,11-13,19-20H2,1-2H3,(H,37,38)(H,39,41)/t24-/m0/s1. The highest BCUT2D eigenvalue weighted by Crippen LogP contribution is 2.38. The monoisotopic (exact) mass is 615 g/mol. The lowest BCUT2D eigenvalue weighted by molar-refractivity contribution is -0.111.